The number of rotatable bonds is 10. The number of nitrogens with one attached hydrogen (secondary N) is 1. The van der Waals surface area contributed by atoms with Gasteiger partial charge in [0.05, 0.1) is 11.9 Å². The Hall–Kier alpha value is -2.58. The van der Waals surface area contributed by atoms with Crippen LogP contribution in [-0.4, -0.2) is 50.0 Å². The molecule has 0 aromatic heterocycles. The zero-order valence-corrected chi connectivity index (χ0v) is 23.7. The first-order valence-electron chi connectivity index (χ1n) is 12.9. The molecule has 2 aromatic carbocycles. The monoisotopic (exact) mass is 547 g/mol. The van der Waals surface area contributed by atoms with Crippen molar-refractivity contribution in [2.24, 2.45) is 0 Å². The van der Waals surface area contributed by atoms with E-state index in [0.29, 0.717) is 22.7 Å². The number of aryl methyl sites for hydroxylation is 2. The Morgan fingerprint density at radius 3 is 2.24 bits per heavy atom. The van der Waals surface area contributed by atoms with Crippen LogP contribution >= 0.6 is 11.6 Å². The largest absolute Gasteiger partial charge is 0.352 e. The van der Waals surface area contributed by atoms with Crippen molar-refractivity contribution in [1.82, 2.24) is 10.2 Å². The Kier molecular flexibility index (Phi) is 10.0. The Morgan fingerprint density at radius 1 is 1.05 bits per heavy atom. The van der Waals surface area contributed by atoms with Gasteiger partial charge in [-0.15, -0.1) is 0 Å². The van der Waals surface area contributed by atoms with Gasteiger partial charge in [-0.05, 0) is 68.0 Å². The van der Waals surface area contributed by atoms with Crippen LogP contribution in [-0.2, 0) is 26.2 Å². The second-order valence-electron chi connectivity index (χ2n) is 10.00. The summed E-state index contributed by atoms with van der Waals surface area (Å²) in [5.41, 5.74) is 2.90. The number of benzene rings is 2. The van der Waals surface area contributed by atoms with Crippen LogP contribution in [0.5, 0.6) is 0 Å². The maximum Gasteiger partial charge on any atom is 0.244 e. The van der Waals surface area contributed by atoms with E-state index in [1.807, 2.05) is 39.0 Å². The van der Waals surface area contributed by atoms with Gasteiger partial charge in [-0.25, -0.2) is 8.42 Å². The zero-order chi connectivity index (χ0) is 27.2. The number of nitrogens with zero attached hydrogens (tertiary/aromatic N) is 2. The molecule has 1 N–H and O–H groups in total. The van der Waals surface area contributed by atoms with Crippen molar-refractivity contribution >= 4 is 39.1 Å². The molecule has 0 aliphatic heterocycles. The molecule has 1 saturated carbocycles. The van der Waals surface area contributed by atoms with Crippen molar-refractivity contribution in [2.75, 3.05) is 17.1 Å². The molecule has 7 nitrogen and oxygen atoms in total. The molecular weight excluding hydrogens is 510 g/mol. The van der Waals surface area contributed by atoms with E-state index in [0.717, 1.165) is 47.4 Å². The molecule has 1 atom stereocenters. The van der Waals surface area contributed by atoms with Crippen LogP contribution in [0.4, 0.5) is 5.69 Å². The standard InChI is InChI=1S/C28H38ClN3O4S/c1-5-26(28(34)30-23-12-7-6-8-13-23)31(18-22-11-9-10-14-25(22)29)27(33)19-32(37(4,35)36)24-16-20(2)15-21(3)17-24/h9-11,14-17,23,26H,5-8,12-13,18-19H2,1-4H3,(H,30,34)/t26-/m1/s1. The minimum atomic E-state index is -3.78. The lowest BCUT2D eigenvalue weighted by Gasteiger charge is -2.34. The van der Waals surface area contributed by atoms with Gasteiger partial charge in [0.15, 0.2) is 0 Å². The number of carbonyl (C=O) groups is 2. The highest BCUT2D eigenvalue weighted by molar-refractivity contribution is 7.92. The first-order chi connectivity index (χ1) is 17.5. The number of sulfonamides is 1. The van der Waals surface area contributed by atoms with Gasteiger partial charge in [-0.3, -0.25) is 13.9 Å². The minimum absolute atomic E-state index is 0.0929. The van der Waals surface area contributed by atoms with Gasteiger partial charge in [0.1, 0.15) is 12.6 Å². The predicted molar refractivity (Wildman–Crippen MR) is 149 cm³/mol. The number of amides is 2. The molecule has 9 heteroatoms. The lowest BCUT2D eigenvalue weighted by atomic mass is 9.95. The molecule has 0 spiro atoms. The summed E-state index contributed by atoms with van der Waals surface area (Å²) in [6, 6.07) is 11.9. The van der Waals surface area contributed by atoms with Crippen LogP contribution < -0.4 is 9.62 Å². The SMILES string of the molecule is CC[C@H](C(=O)NC1CCCCC1)N(Cc1ccccc1Cl)C(=O)CN(c1cc(C)cc(C)c1)S(C)(=O)=O. The summed E-state index contributed by atoms with van der Waals surface area (Å²) < 4.78 is 26.7. The fourth-order valence-electron chi connectivity index (χ4n) is 4.98. The quantitative estimate of drug-likeness (QED) is 0.454. The van der Waals surface area contributed by atoms with Gasteiger partial charge in [-0.1, -0.05) is 62.1 Å². The topological polar surface area (TPSA) is 86.8 Å². The highest BCUT2D eigenvalue weighted by Crippen LogP contribution is 2.24. The molecule has 0 saturated heterocycles. The molecule has 1 fully saturated rings. The van der Waals surface area contributed by atoms with Crippen LogP contribution in [0.3, 0.4) is 0 Å². The maximum atomic E-state index is 13.9. The lowest BCUT2D eigenvalue weighted by Crippen LogP contribution is -2.54. The van der Waals surface area contributed by atoms with Gasteiger partial charge in [0.25, 0.3) is 0 Å². The number of carbonyl (C=O) groups excluding carboxylic acids is 2. The van der Waals surface area contributed by atoms with Crippen LogP contribution in [0, 0.1) is 13.8 Å². The Labute approximate surface area is 226 Å². The molecule has 0 bridgehead atoms. The molecule has 1 aliphatic rings. The zero-order valence-electron chi connectivity index (χ0n) is 22.2. The first-order valence-corrected chi connectivity index (χ1v) is 15.1. The third kappa shape index (κ3) is 7.95. The average Bonchev–Trinajstić information content (AvgIpc) is 2.82. The number of hydrogen-bond donors (Lipinski definition) is 1. The van der Waals surface area contributed by atoms with E-state index in [4.69, 9.17) is 11.6 Å². The second-order valence-corrected chi connectivity index (χ2v) is 12.3. The van der Waals surface area contributed by atoms with Crippen LogP contribution in [0.2, 0.25) is 5.02 Å². The lowest BCUT2D eigenvalue weighted by molar-refractivity contribution is -0.140. The van der Waals surface area contributed by atoms with Crippen molar-refractivity contribution in [1.29, 1.82) is 0 Å². The third-order valence-corrected chi connectivity index (χ3v) is 8.32. The van der Waals surface area contributed by atoms with E-state index >= 15 is 0 Å². The molecule has 3 rings (SSSR count). The highest BCUT2D eigenvalue weighted by atomic mass is 35.5. The van der Waals surface area contributed by atoms with Crippen LogP contribution in [0.15, 0.2) is 42.5 Å². The Bertz CT molecular complexity index is 1190. The highest BCUT2D eigenvalue weighted by Gasteiger charge is 2.33. The van der Waals surface area contributed by atoms with Crippen molar-refractivity contribution in [2.45, 2.75) is 77.9 Å². The summed E-state index contributed by atoms with van der Waals surface area (Å²) in [5, 5.41) is 3.62. The number of anilines is 1. The van der Waals surface area contributed by atoms with Crippen LogP contribution in [0.25, 0.3) is 0 Å². The van der Waals surface area contributed by atoms with Gasteiger partial charge in [0.2, 0.25) is 21.8 Å². The molecule has 2 amide bonds. The van der Waals surface area contributed by atoms with E-state index in [1.54, 1.807) is 24.3 Å². The smallest absolute Gasteiger partial charge is 0.244 e. The Morgan fingerprint density at radius 2 is 1.68 bits per heavy atom. The second kappa shape index (κ2) is 12.8. The minimum Gasteiger partial charge on any atom is -0.352 e. The number of hydrogen-bond acceptors (Lipinski definition) is 4. The van der Waals surface area contributed by atoms with E-state index in [9.17, 15) is 18.0 Å². The molecule has 0 heterocycles. The molecule has 37 heavy (non-hydrogen) atoms. The van der Waals surface area contributed by atoms with Gasteiger partial charge >= 0.3 is 0 Å². The first kappa shape index (κ1) is 29.0. The molecule has 0 unspecified atom stereocenters. The molecule has 202 valence electrons. The summed E-state index contributed by atoms with van der Waals surface area (Å²) in [4.78, 5) is 28.8. The summed E-state index contributed by atoms with van der Waals surface area (Å²) in [7, 11) is -3.78. The van der Waals surface area contributed by atoms with Crippen molar-refractivity contribution in [3.05, 3.63) is 64.2 Å². The van der Waals surface area contributed by atoms with Crippen molar-refractivity contribution < 1.29 is 18.0 Å². The van der Waals surface area contributed by atoms with Gasteiger partial charge in [0, 0.05) is 17.6 Å². The van der Waals surface area contributed by atoms with E-state index in [1.165, 1.54) is 11.3 Å². The average molecular weight is 548 g/mol. The summed E-state index contributed by atoms with van der Waals surface area (Å²) in [5.74, 6) is -0.678. The maximum absolute atomic E-state index is 13.9. The molecular formula is C28H38ClN3O4S. The van der Waals surface area contributed by atoms with Gasteiger partial charge < -0.3 is 10.2 Å². The van der Waals surface area contributed by atoms with E-state index < -0.39 is 28.5 Å². The van der Waals surface area contributed by atoms with E-state index in [2.05, 4.69) is 5.32 Å². The van der Waals surface area contributed by atoms with Crippen molar-refractivity contribution in [3.8, 4) is 0 Å². The van der Waals surface area contributed by atoms with Crippen molar-refractivity contribution in [3.63, 3.8) is 0 Å². The summed E-state index contributed by atoms with van der Waals surface area (Å²) in [6.45, 7) is 5.30. The fourth-order valence-corrected chi connectivity index (χ4v) is 6.01. The molecule has 1 aliphatic carbocycles. The summed E-state index contributed by atoms with van der Waals surface area (Å²) in [6.07, 6.45) is 6.64. The van der Waals surface area contributed by atoms with E-state index in [-0.39, 0.29) is 18.5 Å². The summed E-state index contributed by atoms with van der Waals surface area (Å²) >= 11 is 6.42. The fraction of sp³-hybridized carbons (Fsp3) is 0.500. The predicted octanol–water partition coefficient (Wildman–Crippen LogP) is 4.98. The van der Waals surface area contributed by atoms with Crippen LogP contribution in [0.1, 0.15) is 62.1 Å². The van der Waals surface area contributed by atoms with Gasteiger partial charge in [-0.2, -0.15) is 0 Å². The Balaban J connectivity index is 1.94. The third-order valence-electron chi connectivity index (χ3n) is 6.81. The molecule has 2 aromatic rings. The normalized spacial score (nSPS) is 15.2. The number of halogens is 1. The molecule has 0 radical (unpaired) electrons.